The molecule has 0 aliphatic rings. The molecule has 2 unspecified atom stereocenters. The Morgan fingerprint density at radius 2 is 0.838 bits per heavy atom. The number of nitrogens with one attached hydrogen (secondary N) is 2. The third kappa shape index (κ3) is 25.0. The minimum absolute atomic E-state index is 0.0411. The van der Waals surface area contributed by atoms with Crippen molar-refractivity contribution in [1.29, 1.82) is 0 Å². The maximum absolute atomic E-state index is 12.1. The highest BCUT2D eigenvalue weighted by Crippen LogP contribution is 2.23. The molecular formula is C32H64N2O3. The highest BCUT2D eigenvalue weighted by molar-refractivity contribution is 5.79. The Balaban J connectivity index is 3.89. The lowest BCUT2D eigenvalue weighted by Crippen LogP contribution is -2.33. The van der Waals surface area contributed by atoms with E-state index in [4.69, 9.17) is 4.74 Å². The van der Waals surface area contributed by atoms with Crippen LogP contribution in [0.2, 0.25) is 0 Å². The summed E-state index contributed by atoms with van der Waals surface area (Å²) >= 11 is 0. The lowest BCUT2D eigenvalue weighted by atomic mass is 9.91. The molecule has 220 valence electrons. The lowest BCUT2D eigenvalue weighted by molar-refractivity contribution is -0.130. The van der Waals surface area contributed by atoms with E-state index in [2.05, 4.69) is 38.3 Å². The van der Waals surface area contributed by atoms with Gasteiger partial charge in [-0.15, -0.1) is 0 Å². The molecule has 0 aromatic rings. The van der Waals surface area contributed by atoms with E-state index in [9.17, 15) is 9.59 Å². The van der Waals surface area contributed by atoms with Crippen molar-refractivity contribution in [2.75, 3.05) is 26.3 Å². The molecule has 0 radical (unpaired) electrons. The van der Waals surface area contributed by atoms with E-state index in [0.717, 1.165) is 24.7 Å². The number of hydrogen-bond donors (Lipinski definition) is 2. The van der Waals surface area contributed by atoms with Gasteiger partial charge in [-0.05, 0) is 37.5 Å². The molecule has 0 aromatic carbocycles. The highest BCUT2D eigenvalue weighted by Gasteiger charge is 2.11. The van der Waals surface area contributed by atoms with Gasteiger partial charge in [0, 0.05) is 13.1 Å². The Kier molecular flexibility index (Phi) is 27.1. The molecule has 0 bridgehead atoms. The SMILES string of the molecule is CCCCCCC(CCCC)CCCNC(=O)COCC(=O)NCCCC(CCCC)CCCCCC. The van der Waals surface area contributed by atoms with Gasteiger partial charge in [0.25, 0.3) is 0 Å². The number of carbonyl (C=O) groups is 2. The summed E-state index contributed by atoms with van der Waals surface area (Å²) in [4.78, 5) is 24.1. The van der Waals surface area contributed by atoms with Crippen LogP contribution in [0.3, 0.4) is 0 Å². The third-order valence-electron chi connectivity index (χ3n) is 7.55. The summed E-state index contributed by atoms with van der Waals surface area (Å²) in [5.74, 6) is 1.33. The molecule has 2 N–H and O–H groups in total. The Morgan fingerprint density at radius 1 is 0.486 bits per heavy atom. The monoisotopic (exact) mass is 524 g/mol. The number of amides is 2. The predicted molar refractivity (Wildman–Crippen MR) is 159 cm³/mol. The summed E-state index contributed by atoms with van der Waals surface area (Å²) < 4.78 is 5.35. The van der Waals surface area contributed by atoms with Crippen LogP contribution in [0.4, 0.5) is 0 Å². The van der Waals surface area contributed by atoms with Crippen LogP contribution in [0.25, 0.3) is 0 Å². The Bertz CT molecular complexity index is 468. The highest BCUT2D eigenvalue weighted by atomic mass is 16.5. The van der Waals surface area contributed by atoms with Gasteiger partial charge in [0.2, 0.25) is 11.8 Å². The minimum atomic E-state index is -0.123. The van der Waals surface area contributed by atoms with E-state index in [1.54, 1.807) is 0 Å². The second-order valence-corrected chi connectivity index (χ2v) is 11.2. The van der Waals surface area contributed by atoms with Crippen LogP contribution in [0, 0.1) is 11.8 Å². The van der Waals surface area contributed by atoms with Crippen molar-refractivity contribution < 1.29 is 14.3 Å². The van der Waals surface area contributed by atoms with Crippen molar-refractivity contribution in [1.82, 2.24) is 10.6 Å². The molecule has 0 saturated carbocycles. The zero-order chi connectivity index (χ0) is 27.4. The maximum atomic E-state index is 12.1. The molecule has 37 heavy (non-hydrogen) atoms. The van der Waals surface area contributed by atoms with Gasteiger partial charge < -0.3 is 15.4 Å². The fraction of sp³-hybridized carbons (Fsp3) is 0.938. The smallest absolute Gasteiger partial charge is 0.246 e. The molecular weight excluding hydrogens is 460 g/mol. The van der Waals surface area contributed by atoms with Crippen LogP contribution in [0.5, 0.6) is 0 Å². The van der Waals surface area contributed by atoms with Crippen LogP contribution in [-0.4, -0.2) is 38.1 Å². The number of hydrogen-bond acceptors (Lipinski definition) is 3. The molecule has 5 heteroatoms. The van der Waals surface area contributed by atoms with E-state index in [1.165, 1.54) is 116 Å². The topological polar surface area (TPSA) is 67.4 Å². The molecule has 0 spiro atoms. The fourth-order valence-corrected chi connectivity index (χ4v) is 5.15. The maximum Gasteiger partial charge on any atom is 0.246 e. The van der Waals surface area contributed by atoms with Crippen molar-refractivity contribution in [3.05, 3.63) is 0 Å². The Labute approximate surface area is 231 Å². The first-order valence-corrected chi connectivity index (χ1v) is 16.2. The first kappa shape index (κ1) is 35.9. The largest absolute Gasteiger partial charge is 0.362 e. The Hall–Kier alpha value is -1.10. The van der Waals surface area contributed by atoms with Gasteiger partial charge in [-0.2, -0.15) is 0 Å². The second kappa shape index (κ2) is 27.9. The average molecular weight is 525 g/mol. The number of ether oxygens (including phenoxy) is 1. The molecule has 0 aliphatic carbocycles. The lowest BCUT2D eigenvalue weighted by Gasteiger charge is -2.17. The second-order valence-electron chi connectivity index (χ2n) is 11.2. The van der Waals surface area contributed by atoms with Gasteiger partial charge in [0.1, 0.15) is 13.2 Å². The molecule has 0 fully saturated rings. The standard InChI is InChI=1S/C32H64N2O3/c1-5-9-13-15-21-29(19-11-7-3)23-17-25-33-31(35)27-37-28-32(36)34-26-18-24-30(20-12-8-4)22-16-14-10-6-2/h29-30H,5-28H2,1-4H3,(H,33,35)(H,34,36). The summed E-state index contributed by atoms with van der Waals surface area (Å²) in [6.07, 6.45) is 25.4. The first-order chi connectivity index (χ1) is 18.1. The fourth-order valence-electron chi connectivity index (χ4n) is 5.15. The van der Waals surface area contributed by atoms with Crippen molar-refractivity contribution in [2.24, 2.45) is 11.8 Å². The van der Waals surface area contributed by atoms with Gasteiger partial charge in [-0.25, -0.2) is 0 Å². The summed E-state index contributed by atoms with van der Waals surface area (Å²) in [5.41, 5.74) is 0. The van der Waals surface area contributed by atoms with Crippen LogP contribution in [0.15, 0.2) is 0 Å². The van der Waals surface area contributed by atoms with Crippen LogP contribution in [-0.2, 0) is 14.3 Å². The first-order valence-electron chi connectivity index (χ1n) is 16.2. The molecule has 0 aromatic heterocycles. The van der Waals surface area contributed by atoms with Crippen molar-refractivity contribution >= 4 is 11.8 Å². The van der Waals surface area contributed by atoms with E-state index in [0.29, 0.717) is 13.1 Å². The van der Waals surface area contributed by atoms with E-state index in [1.807, 2.05) is 0 Å². The van der Waals surface area contributed by atoms with Crippen molar-refractivity contribution in [3.8, 4) is 0 Å². The van der Waals surface area contributed by atoms with Crippen molar-refractivity contribution in [3.63, 3.8) is 0 Å². The molecule has 2 atom stereocenters. The molecule has 2 amide bonds. The normalized spacial score (nSPS) is 12.9. The zero-order valence-electron chi connectivity index (χ0n) is 25.4. The predicted octanol–water partition coefficient (Wildman–Crippen LogP) is 8.35. The summed E-state index contributed by atoms with van der Waals surface area (Å²) in [6.45, 7) is 10.3. The minimum Gasteiger partial charge on any atom is -0.362 e. The van der Waals surface area contributed by atoms with Crippen LogP contribution in [0.1, 0.15) is 156 Å². The molecule has 0 aliphatic heterocycles. The number of unbranched alkanes of at least 4 members (excludes halogenated alkanes) is 8. The van der Waals surface area contributed by atoms with Gasteiger partial charge in [0.05, 0.1) is 0 Å². The third-order valence-corrected chi connectivity index (χ3v) is 7.55. The molecule has 0 saturated heterocycles. The summed E-state index contributed by atoms with van der Waals surface area (Å²) in [7, 11) is 0. The molecule has 0 heterocycles. The quantitative estimate of drug-likeness (QED) is 0.101. The van der Waals surface area contributed by atoms with E-state index in [-0.39, 0.29) is 25.0 Å². The zero-order valence-corrected chi connectivity index (χ0v) is 25.4. The van der Waals surface area contributed by atoms with Gasteiger partial charge in [-0.3, -0.25) is 9.59 Å². The van der Waals surface area contributed by atoms with Crippen molar-refractivity contribution in [2.45, 2.75) is 156 Å². The summed E-state index contributed by atoms with van der Waals surface area (Å²) in [6, 6.07) is 0. The van der Waals surface area contributed by atoms with Gasteiger partial charge >= 0.3 is 0 Å². The van der Waals surface area contributed by atoms with E-state index >= 15 is 0 Å². The Morgan fingerprint density at radius 3 is 1.22 bits per heavy atom. The van der Waals surface area contributed by atoms with Crippen LogP contribution >= 0.6 is 0 Å². The van der Waals surface area contributed by atoms with Gasteiger partial charge in [-0.1, -0.05) is 130 Å². The summed E-state index contributed by atoms with van der Waals surface area (Å²) in [5, 5.41) is 5.91. The van der Waals surface area contributed by atoms with Gasteiger partial charge in [0.15, 0.2) is 0 Å². The molecule has 5 nitrogen and oxygen atoms in total. The van der Waals surface area contributed by atoms with Crippen LogP contribution < -0.4 is 10.6 Å². The number of rotatable bonds is 28. The number of carbonyl (C=O) groups excluding carboxylic acids is 2. The van der Waals surface area contributed by atoms with E-state index < -0.39 is 0 Å². The molecule has 0 rings (SSSR count). The average Bonchev–Trinajstić information content (AvgIpc) is 2.89.